The fourth-order valence-electron chi connectivity index (χ4n) is 3.93. The smallest absolute Gasteiger partial charge is 0.318 e. The Morgan fingerprint density at radius 2 is 2.29 bits per heavy atom. The second-order valence-electron chi connectivity index (χ2n) is 6.84. The maximum absolute atomic E-state index is 12.9. The standard InChI is InChI=1S/C18H24N4O2/c23-18(20-14-7-8-15-13(11-14)12-19-21-15)22-9-3-1-2-5-16(22)17-6-4-10-24-17/h4,6,10,12,14,16H,1-3,5,7-9,11H2,(H,19,21)(H,20,23). The number of aromatic amines is 1. The number of H-pyrrole nitrogens is 1. The lowest BCUT2D eigenvalue weighted by Crippen LogP contribution is -2.47. The van der Waals surface area contributed by atoms with Gasteiger partial charge in [-0.25, -0.2) is 4.79 Å². The van der Waals surface area contributed by atoms with Crippen LogP contribution in [-0.2, 0) is 12.8 Å². The van der Waals surface area contributed by atoms with E-state index in [9.17, 15) is 4.79 Å². The average molecular weight is 328 g/mol. The van der Waals surface area contributed by atoms with Gasteiger partial charge >= 0.3 is 6.03 Å². The molecule has 2 aromatic rings. The Labute approximate surface area is 141 Å². The molecule has 128 valence electrons. The predicted molar refractivity (Wildman–Crippen MR) is 89.6 cm³/mol. The summed E-state index contributed by atoms with van der Waals surface area (Å²) >= 11 is 0. The largest absolute Gasteiger partial charge is 0.467 e. The summed E-state index contributed by atoms with van der Waals surface area (Å²) < 4.78 is 5.60. The predicted octanol–water partition coefficient (Wildman–Crippen LogP) is 3.19. The van der Waals surface area contributed by atoms with Crippen LogP contribution in [0, 0.1) is 0 Å². The van der Waals surface area contributed by atoms with Crippen molar-refractivity contribution in [2.45, 2.75) is 57.0 Å². The number of hydrogen-bond acceptors (Lipinski definition) is 3. The van der Waals surface area contributed by atoms with Crippen LogP contribution in [0.15, 0.2) is 29.0 Å². The van der Waals surface area contributed by atoms with Crippen molar-refractivity contribution in [3.63, 3.8) is 0 Å². The first-order valence-corrected chi connectivity index (χ1v) is 8.93. The summed E-state index contributed by atoms with van der Waals surface area (Å²) in [4.78, 5) is 14.9. The number of carbonyl (C=O) groups excluding carboxylic acids is 1. The Kier molecular flexibility index (Phi) is 4.28. The van der Waals surface area contributed by atoms with Crippen LogP contribution < -0.4 is 5.32 Å². The van der Waals surface area contributed by atoms with Gasteiger partial charge in [-0.2, -0.15) is 5.10 Å². The number of nitrogens with one attached hydrogen (secondary N) is 2. The van der Waals surface area contributed by atoms with Crippen molar-refractivity contribution in [1.82, 2.24) is 20.4 Å². The molecule has 2 unspecified atom stereocenters. The van der Waals surface area contributed by atoms with Gasteiger partial charge in [0.2, 0.25) is 0 Å². The zero-order valence-electron chi connectivity index (χ0n) is 13.8. The van der Waals surface area contributed by atoms with Crippen LogP contribution >= 0.6 is 0 Å². The number of fused-ring (bicyclic) bond motifs is 1. The lowest BCUT2D eigenvalue weighted by molar-refractivity contribution is 0.162. The number of aromatic nitrogens is 2. The van der Waals surface area contributed by atoms with Crippen molar-refractivity contribution in [2.75, 3.05) is 6.54 Å². The molecule has 2 atom stereocenters. The van der Waals surface area contributed by atoms with E-state index in [4.69, 9.17) is 4.42 Å². The fraction of sp³-hybridized carbons (Fsp3) is 0.556. The van der Waals surface area contributed by atoms with E-state index < -0.39 is 0 Å². The van der Waals surface area contributed by atoms with Crippen molar-refractivity contribution < 1.29 is 9.21 Å². The van der Waals surface area contributed by atoms with Gasteiger partial charge in [-0.1, -0.05) is 12.8 Å². The van der Waals surface area contributed by atoms with E-state index in [2.05, 4.69) is 15.5 Å². The number of aryl methyl sites for hydroxylation is 1. The van der Waals surface area contributed by atoms with E-state index in [1.165, 1.54) is 17.7 Å². The zero-order valence-corrected chi connectivity index (χ0v) is 13.8. The second-order valence-corrected chi connectivity index (χ2v) is 6.84. The number of rotatable bonds is 2. The molecule has 4 rings (SSSR count). The van der Waals surface area contributed by atoms with Crippen molar-refractivity contribution in [3.8, 4) is 0 Å². The number of carbonyl (C=O) groups is 1. The summed E-state index contributed by atoms with van der Waals surface area (Å²) in [5.74, 6) is 0.896. The molecule has 24 heavy (non-hydrogen) atoms. The SMILES string of the molecule is O=C(NC1CCc2[nH]ncc2C1)N1CCCCCC1c1ccco1. The van der Waals surface area contributed by atoms with Gasteiger partial charge in [0.1, 0.15) is 5.76 Å². The molecule has 6 nitrogen and oxygen atoms in total. The number of nitrogens with zero attached hydrogens (tertiary/aromatic N) is 2. The van der Waals surface area contributed by atoms with Gasteiger partial charge in [-0.3, -0.25) is 5.10 Å². The Hall–Kier alpha value is -2.24. The molecule has 6 heteroatoms. The van der Waals surface area contributed by atoms with Crippen LogP contribution in [0.4, 0.5) is 4.79 Å². The first kappa shape index (κ1) is 15.3. The summed E-state index contributed by atoms with van der Waals surface area (Å²) in [6, 6.07) is 4.15. The summed E-state index contributed by atoms with van der Waals surface area (Å²) in [5, 5.41) is 10.4. The Morgan fingerprint density at radius 3 is 3.17 bits per heavy atom. The van der Waals surface area contributed by atoms with Crippen LogP contribution in [0.2, 0.25) is 0 Å². The first-order valence-electron chi connectivity index (χ1n) is 8.93. The second kappa shape index (κ2) is 6.71. The molecular formula is C18H24N4O2. The molecule has 2 aliphatic rings. The summed E-state index contributed by atoms with van der Waals surface area (Å²) in [6.45, 7) is 0.793. The number of furan rings is 1. The topological polar surface area (TPSA) is 74.2 Å². The van der Waals surface area contributed by atoms with E-state index in [1.54, 1.807) is 6.26 Å². The normalized spacial score (nSPS) is 24.2. The lowest BCUT2D eigenvalue weighted by atomic mass is 9.94. The highest BCUT2D eigenvalue weighted by Crippen LogP contribution is 2.30. The number of amides is 2. The van der Waals surface area contributed by atoms with E-state index in [0.717, 1.165) is 50.8 Å². The highest BCUT2D eigenvalue weighted by Gasteiger charge is 2.30. The molecule has 1 saturated heterocycles. The molecule has 0 aromatic carbocycles. The van der Waals surface area contributed by atoms with E-state index in [-0.39, 0.29) is 18.1 Å². The lowest BCUT2D eigenvalue weighted by Gasteiger charge is -2.32. The molecule has 1 aliphatic heterocycles. The van der Waals surface area contributed by atoms with Gasteiger partial charge < -0.3 is 14.6 Å². The third kappa shape index (κ3) is 3.05. The van der Waals surface area contributed by atoms with Gasteiger partial charge in [0.25, 0.3) is 0 Å². The minimum Gasteiger partial charge on any atom is -0.467 e. The molecule has 0 bridgehead atoms. The molecule has 0 spiro atoms. The summed E-state index contributed by atoms with van der Waals surface area (Å²) in [6.07, 6.45) is 10.7. The van der Waals surface area contributed by atoms with Crippen molar-refractivity contribution in [3.05, 3.63) is 41.6 Å². The van der Waals surface area contributed by atoms with Gasteiger partial charge in [0.05, 0.1) is 18.5 Å². The van der Waals surface area contributed by atoms with E-state index >= 15 is 0 Å². The Balaban J connectivity index is 1.45. The van der Waals surface area contributed by atoms with Crippen molar-refractivity contribution >= 4 is 6.03 Å². The highest BCUT2D eigenvalue weighted by atomic mass is 16.3. The third-order valence-electron chi connectivity index (χ3n) is 5.23. The molecule has 1 aliphatic carbocycles. The van der Waals surface area contributed by atoms with Crippen molar-refractivity contribution in [1.29, 1.82) is 0 Å². The van der Waals surface area contributed by atoms with Crippen LogP contribution in [0.1, 0.15) is 55.2 Å². The number of urea groups is 1. The Bertz CT molecular complexity index is 679. The van der Waals surface area contributed by atoms with Crippen LogP contribution in [-0.4, -0.2) is 33.7 Å². The highest BCUT2D eigenvalue weighted by molar-refractivity contribution is 5.75. The van der Waals surface area contributed by atoms with Gasteiger partial charge in [-0.15, -0.1) is 0 Å². The molecular weight excluding hydrogens is 304 g/mol. The van der Waals surface area contributed by atoms with Crippen LogP contribution in [0.5, 0.6) is 0 Å². The minimum absolute atomic E-state index is 0.0373. The monoisotopic (exact) mass is 328 g/mol. The van der Waals surface area contributed by atoms with Crippen LogP contribution in [0.25, 0.3) is 0 Å². The minimum atomic E-state index is 0.0373. The zero-order chi connectivity index (χ0) is 16.4. The maximum Gasteiger partial charge on any atom is 0.318 e. The molecule has 1 fully saturated rings. The van der Waals surface area contributed by atoms with Crippen molar-refractivity contribution in [2.24, 2.45) is 0 Å². The quantitative estimate of drug-likeness (QED) is 0.889. The third-order valence-corrected chi connectivity index (χ3v) is 5.23. The van der Waals surface area contributed by atoms with E-state index in [0.29, 0.717) is 0 Å². The van der Waals surface area contributed by atoms with Gasteiger partial charge in [0, 0.05) is 18.3 Å². The molecule has 0 radical (unpaired) electrons. The average Bonchev–Trinajstić information content (AvgIpc) is 3.21. The number of hydrogen-bond donors (Lipinski definition) is 2. The molecule has 0 saturated carbocycles. The fourth-order valence-corrected chi connectivity index (χ4v) is 3.93. The molecule has 2 amide bonds. The Morgan fingerprint density at radius 1 is 1.33 bits per heavy atom. The van der Waals surface area contributed by atoms with Crippen LogP contribution in [0.3, 0.4) is 0 Å². The molecule has 3 heterocycles. The maximum atomic E-state index is 12.9. The first-order chi connectivity index (χ1) is 11.8. The van der Waals surface area contributed by atoms with Gasteiger partial charge in [-0.05, 0) is 49.8 Å². The molecule has 2 aromatic heterocycles. The summed E-state index contributed by atoms with van der Waals surface area (Å²) in [7, 11) is 0. The van der Waals surface area contributed by atoms with E-state index in [1.807, 2.05) is 23.2 Å². The molecule has 2 N–H and O–H groups in total. The number of likely N-dealkylation sites (tertiary alicyclic amines) is 1. The van der Waals surface area contributed by atoms with Gasteiger partial charge in [0.15, 0.2) is 0 Å². The summed E-state index contributed by atoms with van der Waals surface area (Å²) in [5.41, 5.74) is 2.44.